The van der Waals surface area contributed by atoms with Crippen molar-refractivity contribution in [3.05, 3.63) is 59.7 Å². The Kier molecular flexibility index (Phi) is 6.01. The van der Waals surface area contributed by atoms with E-state index >= 15 is 0 Å². The summed E-state index contributed by atoms with van der Waals surface area (Å²) in [5, 5.41) is 14.8. The molecule has 2 aromatic carbocycles. The van der Waals surface area contributed by atoms with E-state index in [1.807, 2.05) is 24.3 Å². The van der Waals surface area contributed by atoms with Crippen molar-refractivity contribution >= 4 is 18.0 Å². The Morgan fingerprint density at radius 3 is 2.20 bits per heavy atom. The number of methoxy groups -OCH3 is 1. The van der Waals surface area contributed by atoms with Crippen molar-refractivity contribution < 1.29 is 29.0 Å². The average molecular weight is 479 g/mol. The van der Waals surface area contributed by atoms with Crippen molar-refractivity contribution in [2.75, 3.05) is 26.9 Å². The smallest absolute Gasteiger partial charge is 0.407 e. The number of rotatable bonds is 9. The summed E-state index contributed by atoms with van der Waals surface area (Å²) in [4.78, 5) is 37.3. The Bertz CT molecular complexity index is 1110. The first-order valence-electron chi connectivity index (χ1n) is 12.0. The topological polar surface area (TPSA) is 114 Å². The SMILES string of the molecule is COCC(NC(=O)C1(CNC(=O)OCC2c3ccccc3-c3ccccc32)CC12CCC2)C(=O)O. The van der Waals surface area contributed by atoms with Crippen molar-refractivity contribution in [1.29, 1.82) is 0 Å². The van der Waals surface area contributed by atoms with Gasteiger partial charge in [-0.15, -0.1) is 0 Å². The van der Waals surface area contributed by atoms with Crippen LogP contribution >= 0.6 is 0 Å². The number of amides is 2. The molecule has 8 nitrogen and oxygen atoms in total. The standard InChI is InChI=1S/C27H30N2O6/c1-34-14-22(23(30)31)29-24(32)27(15-26(27)11-6-12-26)16-28-25(33)35-13-21-19-9-4-2-7-17(19)18-8-3-5-10-20(18)21/h2-5,7-10,21-22H,6,11-16H2,1H3,(H,28,33)(H,29,32)(H,30,31). The van der Waals surface area contributed by atoms with Gasteiger partial charge >= 0.3 is 12.1 Å². The highest BCUT2D eigenvalue weighted by atomic mass is 16.5. The molecule has 2 unspecified atom stereocenters. The minimum absolute atomic E-state index is 0.0466. The number of carboxylic acid groups (broad SMARTS) is 1. The minimum Gasteiger partial charge on any atom is -0.480 e. The fourth-order valence-electron chi connectivity index (χ4n) is 5.95. The molecule has 0 bridgehead atoms. The van der Waals surface area contributed by atoms with Crippen LogP contribution in [0.3, 0.4) is 0 Å². The van der Waals surface area contributed by atoms with E-state index in [1.54, 1.807) is 0 Å². The average Bonchev–Trinajstić information content (AvgIpc) is 3.45. The van der Waals surface area contributed by atoms with Crippen LogP contribution in [0.15, 0.2) is 48.5 Å². The zero-order chi connectivity index (χ0) is 24.6. The molecule has 0 saturated heterocycles. The van der Waals surface area contributed by atoms with Crippen molar-refractivity contribution in [1.82, 2.24) is 10.6 Å². The summed E-state index contributed by atoms with van der Waals surface area (Å²) in [6.45, 7) is 0.192. The van der Waals surface area contributed by atoms with Gasteiger partial charge in [-0.1, -0.05) is 55.0 Å². The number of aliphatic carboxylic acids is 1. The van der Waals surface area contributed by atoms with Crippen LogP contribution in [0, 0.1) is 10.8 Å². The fourth-order valence-corrected chi connectivity index (χ4v) is 5.95. The molecule has 0 aliphatic heterocycles. The molecule has 2 amide bonds. The first-order chi connectivity index (χ1) is 16.9. The number of hydrogen-bond donors (Lipinski definition) is 3. The van der Waals surface area contributed by atoms with Gasteiger partial charge in [-0.05, 0) is 46.9 Å². The number of nitrogens with one attached hydrogen (secondary N) is 2. The highest BCUT2D eigenvalue weighted by Gasteiger charge is 2.73. The zero-order valence-corrected chi connectivity index (χ0v) is 19.7. The van der Waals surface area contributed by atoms with Crippen molar-refractivity contribution in [2.24, 2.45) is 10.8 Å². The van der Waals surface area contributed by atoms with E-state index in [0.29, 0.717) is 6.42 Å². The maximum atomic E-state index is 13.2. The summed E-state index contributed by atoms with van der Waals surface area (Å²) in [7, 11) is 1.39. The molecule has 0 radical (unpaired) electrons. The van der Waals surface area contributed by atoms with E-state index in [2.05, 4.69) is 34.9 Å². The Morgan fingerprint density at radius 1 is 1.06 bits per heavy atom. The summed E-state index contributed by atoms with van der Waals surface area (Å²) < 4.78 is 10.6. The van der Waals surface area contributed by atoms with Crippen LogP contribution in [-0.4, -0.2) is 56.0 Å². The monoisotopic (exact) mass is 478 g/mol. The predicted octanol–water partition coefficient (Wildman–Crippen LogP) is 3.30. The molecule has 0 heterocycles. The van der Waals surface area contributed by atoms with Crippen LogP contribution in [0.1, 0.15) is 42.7 Å². The largest absolute Gasteiger partial charge is 0.480 e. The second-order valence-electron chi connectivity index (χ2n) is 9.89. The second-order valence-corrected chi connectivity index (χ2v) is 9.89. The Balaban J connectivity index is 1.22. The number of hydrogen-bond acceptors (Lipinski definition) is 5. The first-order valence-corrected chi connectivity index (χ1v) is 12.0. The number of benzene rings is 2. The van der Waals surface area contributed by atoms with E-state index < -0.39 is 23.5 Å². The number of ether oxygens (including phenoxy) is 2. The lowest BCUT2D eigenvalue weighted by Crippen LogP contribution is -2.51. The summed E-state index contributed by atoms with van der Waals surface area (Å²) >= 11 is 0. The molecule has 35 heavy (non-hydrogen) atoms. The molecule has 3 aliphatic rings. The molecule has 184 valence electrons. The molecule has 3 N–H and O–H groups in total. The molecule has 0 aromatic heterocycles. The number of alkyl carbamates (subject to hydrolysis) is 1. The summed E-state index contributed by atoms with van der Waals surface area (Å²) in [5.41, 5.74) is 3.60. The highest BCUT2D eigenvalue weighted by Crippen LogP contribution is 2.73. The van der Waals surface area contributed by atoms with Gasteiger partial charge in [0.1, 0.15) is 6.61 Å². The lowest BCUT2D eigenvalue weighted by molar-refractivity contribution is -0.144. The Morgan fingerprint density at radius 2 is 1.69 bits per heavy atom. The Labute approximate surface area is 204 Å². The Hall–Kier alpha value is -3.39. The van der Waals surface area contributed by atoms with E-state index in [1.165, 1.54) is 7.11 Å². The van der Waals surface area contributed by atoms with Gasteiger partial charge in [0, 0.05) is 19.6 Å². The number of fused-ring (bicyclic) bond motifs is 3. The molecular weight excluding hydrogens is 448 g/mol. The normalized spacial score (nSPS) is 21.9. The van der Waals surface area contributed by atoms with E-state index in [9.17, 15) is 19.5 Å². The van der Waals surface area contributed by atoms with Gasteiger partial charge in [0.05, 0.1) is 12.0 Å². The second kappa shape index (κ2) is 9.00. The summed E-state index contributed by atoms with van der Waals surface area (Å²) in [5.74, 6) is -1.54. The van der Waals surface area contributed by atoms with Gasteiger partial charge < -0.3 is 25.2 Å². The molecule has 1 spiro atoms. The number of carboxylic acids is 1. The minimum atomic E-state index is -1.15. The van der Waals surface area contributed by atoms with Crippen LogP contribution in [0.25, 0.3) is 11.1 Å². The lowest BCUT2D eigenvalue weighted by atomic mass is 9.74. The third-order valence-corrected chi connectivity index (χ3v) is 8.09. The maximum Gasteiger partial charge on any atom is 0.407 e. The van der Waals surface area contributed by atoms with Crippen LogP contribution in [0.2, 0.25) is 0 Å². The number of carbonyl (C=O) groups excluding carboxylic acids is 2. The quantitative estimate of drug-likeness (QED) is 0.510. The highest BCUT2D eigenvalue weighted by molar-refractivity contribution is 5.91. The van der Waals surface area contributed by atoms with Crippen LogP contribution in [0.5, 0.6) is 0 Å². The van der Waals surface area contributed by atoms with Crippen LogP contribution in [0.4, 0.5) is 4.79 Å². The van der Waals surface area contributed by atoms with Gasteiger partial charge in [0.2, 0.25) is 5.91 Å². The van der Waals surface area contributed by atoms with Gasteiger partial charge in [0.15, 0.2) is 6.04 Å². The van der Waals surface area contributed by atoms with E-state index in [-0.39, 0.29) is 37.0 Å². The fraction of sp³-hybridized carbons (Fsp3) is 0.444. The van der Waals surface area contributed by atoms with Crippen LogP contribution in [-0.2, 0) is 19.1 Å². The summed E-state index contributed by atoms with van der Waals surface area (Å²) in [6.07, 6.45) is 2.88. The third kappa shape index (κ3) is 3.95. The molecule has 2 fully saturated rings. The molecular formula is C27H30N2O6. The van der Waals surface area contributed by atoms with E-state index in [0.717, 1.165) is 41.5 Å². The van der Waals surface area contributed by atoms with Crippen molar-refractivity contribution in [3.63, 3.8) is 0 Å². The van der Waals surface area contributed by atoms with Crippen molar-refractivity contribution in [2.45, 2.75) is 37.6 Å². The molecule has 5 rings (SSSR count). The molecule has 2 aromatic rings. The van der Waals surface area contributed by atoms with Crippen LogP contribution < -0.4 is 10.6 Å². The maximum absolute atomic E-state index is 13.2. The van der Waals surface area contributed by atoms with Gasteiger partial charge in [-0.2, -0.15) is 0 Å². The molecule has 2 saturated carbocycles. The van der Waals surface area contributed by atoms with Gasteiger partial charge in [0.25, 0.3) is 0 Å². The predicted molar refractivity (Wildman–Crippen MR) is 128 cm³/mol. The van der Waals surface area contributed by atoms with Gasteiger partial charge in [-0.25, -0.2) is 9.59 Å². The third-order valence-electron chi connectivity index (χ3n) is 8.09. The number of carbonyl (C=O) groups is 3. The molecule has 2 atom stereocenters. The lowest BCUT2D eigenvalue weighted by Gasteiger charge is -2.33. The van der Waals surface area contributed by atoms with Crippen molar-refractivity contribution in [3.8, 4) is 11.1 Å². The summed E-state index contributed by atoms with van der Waals surface area (Å²) in [6, 6.07) is 15.1. The van der Waals surface area contributed by atoms with Gasteiger partial charge in [-0.3, -0.25) is 4.79 Å². The zero-order valence-electron chi connectivity index (χ0n) is 19.7. The molecule has 8 heteroatoms. The van der Waals surface area contributed by atoms with E-state index in [4.69, 9.17) is 9.47 Å². The first kappa shape index (κ1) is 23.4. The molecule has 3 aliphatic carbocycles.